The third kappa shape index (κ3) is 6.97. The molecule has 0 saturated carbocycles. The third-order valence-corrected chi connectivity index (χ3v) is 2.92. The van der Waals surface area contributed by atoms with Crippen molar-refractivity contribution in [1.29, 1.82) is 0 Å². The summed E-state index contributed by atoms with van der Waals surface area (Å²) in [6.45, 7) is 6.26. The number of carbonyl (C=O) groups is 1. The van der Waals surface area contributed by atoms with Crippen LogP contribution in [-0.4, -0.2) is 38.6 Å². The summed E-state index contributed by atoms with van der Waals surface area (Å²) < 4.78 is 5.10. The molecule has 0 fully saturated rings. The van der Waals surface area contributed by atoms with Crippen LogP contribution >= 0.6 is 0 Å². The van der Waals surface area contributed by atoms with Crippen LogP contribution in [0.1, 0.15) is 25.8 Å². The van der Waals surface area contributed by atoms with Crippen LogP contribution in [0.5, 0.6) is 5.75 Å². The smallest absolute Gasteiger partial charge is 0.242 e. The summed E-state index contributed by atoms with van der Waals surface area (Å²) in [5, 5.41) is 9.11. The number of nitrogens with zero attached hydrogens (tertiary/aromatic N) is 1. The fourth-order valence-corrected chi connectivity index (χ4v) is 1.74. The Kier molecular flexibility index (Phi) is 8.49. The van der Waals surface area contributed by atoms with E-state index in [1.807, 2.05) is 31.2 Å². The maximum absolute atomic E-state index is 11.8. The van der Waals surface area contributed by atoms with Gasteiger partial charge in [-0.05, 0) is 31.0 Å². The van der Waals surface area contributed by atoms with E-state index in [1.165, 1.54) is 0 Å². The number of carbonyl (C=O) groups excluding carboxylic acids is 1. The monoisotopic (exact) mass is 306 g/mol. The molecule has 3 N–H and O–H groups in total. The molecule has 122 valence electrons. The average Bonchev–Trinajstić information content (AvgIpc) is 2.56. The van der Waals surface area contributed by atoms with Crippen LogP contribution in [-0.2, 0) is 11.3 Å². The predicted molar refractivity (Wildman–Crippen MR) is 89.1 cm³/mol. The van der Waals surface area contributed by atoms with E-state index in [0.717, 1.165) is 30.8 Å². The lowest BCUT2D eigenvalue weighted by molar-refractivity contribution is -0.119. The molecule has 0 aromatic heterocycles. The Morgan fingerprint density at radius 2 is 1.86 bits per heavy atom. The SMILES string of the molecule is CCCNC(=NCC(=O)NCc1ccc(OC)cc1)NCC. The first-order valence-corrected chi connectivity index (χ1v) is 7.61. The quantitative estimate of drug-likeness (QED) is 0.499. The van der Waals surface area contributed by atoms with Gasteiger partial charge in [-0.15, -0.1) is 0 Å². The molecule has 6 heteroatoms. The number of nitrogens with one attached hydrogen (secondary N) is 3. The van der Waals surface area contributed by atoms with Crippen molar-refractivity contribution >= 4 is 11.9 Å². The van der Waals surface area contributed by atoms with Crippen molar-refractivity contribution in [2.75, 3.05) is 26.7 Å². The molecular weight excluding hydrogens is 280 g/mol. The third-order valence-electron chi connectivity index (χ3n) is 2.92. The summed E-state index contributed by atoms with van der Waals surface area (Å²) in [6.07, 6.45) is 1.01. The van der Waals surface area contributed by atoms with Gasteiger partial charge in [-0.2, -0.15) is 0 Å². The molecule has 1 rings (SSSR count). The van der Waals surface area contributed by atoms with E-state index in [4.69, 9.17) is 4.74 Å². The summed E-state index contributed by atoms with van der Waals surface area (Å²) in [5.74, 6) is 1.37. The van der Waals surface area contributed by atoms with Crippen molar-refractivity contribution in [3.63, 3.8) is 0 Å². The van der Waals surface area contributed by atoms with E-state index in [9.17, 15) is 4.79 Å². The largest absolute Gasteiger partial charge is 0.497 e. The fraction of sp³-hybridized carbons (Fsp3) is 0.500. The van der Waals surface area contributed by atoms with Crippen LogP contribution in [0.25, 0.3) is 0 Å². The molecule has 1 amide bonds. The number of hydrogen-bond acceptors (Lipinski definition) is 3. The molecule has 0 unspecified atom stereocenters. The van der Waals surface area contributed by atoms with Gasteiger partial charge in [-0.3, -0.25) is 4.79 Å². The molecule has 0 bridgehead atoms. The van der Waals surface area contributed by atoms with Crippen LogP contribution < -0.4 is 20.7 Å². The number of methoxy groups -OCH3 is 1. The molecule has 0 aliphatic carbocycles. The first-order chi connectivity index (χ1) is 10.7. The van der Waals surface area contributed by atoms with Crippen molar-refractivity contribution in [2.45, 2.75) is 26.8 Å². The van der Waals surface area contributed by atoms with Gasteiger partial charge in [0.2, 0.25) is 5.91 Å². The summed E-state index contributed by atoms with van der Waals surface area (Å²) in [4.78, 5) is 16.1. The van der Waals surface area contributed by atoms with E-state index in [1.54, 1.807) is 7.11 Å². The van der Waals surface area contributed by atoms with Gasteiger partial charge in [0.15, 0.2) is 5.96 Å². The van der Waals surface area contributed by atoms with Gasteiger partial charge < -0.3 is 20.7 Å². The van der Waals surface area contributed by atoms with Crippen molar-refractivity contribution in [3.05, 3.63) is 29.8 Å². The number of amides is 1. The zero-order valence-corrected chi connectivity index (χ0v) is 13.6. The van der Waals surface area contributed by atoms with Gasteiger partial charge in [0.25, 0.3) is 0 Å². The normalized spacial score (nSPS) is 11.0. The lowest BCUT2D eigenvalue weighted by atomic mass is 10.2. The minimum atomic E-state index is -0.107. The highest BCUT2D eigenvalue weighted by atomic mass is 16.5. The summed E-state index contributed by atoms with van der Waals surface area (Å²) >= 11 is 0. The fourth-order valence-electron chi connectivity index (χ4n) is 1.74. The number of aliphatic imine (C=N–C) groups is 1. The number of benzene rings is 1. The Morgan fingerprint density at radius 1 is 1.14 bits per heavy atom. The van der Waals surface area contributed by atoms with E-state index in [-0.39, 0.29) is 12.5 Å². The second-order valence-corrected chi connectivity index (χ2v) is 4.75. The van der Waals surface area contributed by atoms with E-state index < -0.39 is 0 Å². The molecule has 1 aromatic carbocycles. The zero-order valence-electron chi connectivity index (χ0n) is 13.6. The molecule has 0 radical (unpaired) electrons. The Morgan fingerprint density at radius 3 is 2.45 bits per heavy atom. The number of rotatable bonds is 8. The average molecular weight is 306 g/mol. The lowest BCUT2D eigenvalue weighted by Crippen LogP contribution is -2.38. The van der Waals surface area contributed by atoms with Gasteiger partial charge >= 0.3 is 0 Å². The number of guanidine groups is 1. The Hall–Kier alpha value is -2.24. The van der Waals surface area contributed by atoms with Gasteiger partial charge in [0, 0.05) is 19.6 Å². The summed E-state index contributed by atoms with van der Waals surface area (Å²) in [7, 11) is 1.63. The molecule has 0 spiro atoms. The molecule has 22 heavy (non-hydrogen) atoms. The number of hydrogen-bond donors (Lipinski definition) is 3. The first-order valence-electron chi connectivity index (χ1n) is 7.61. The van der Waals surface area contributed by atoms with Crippen molar-refractivity contribution < 1.29 is 9.53 Å². The minimum Gasteiger partial charge on any atom is -0.497 e. The van der Waals surface area contributed by atoms with E-state index in [0.29, 0.717) is 12.5 Å². The highest BCUT2D eigenvalue weighted by Crippen LogP contribution is 2.10. The second-order valence-electron chi connectivity index (χ2n) is 4.75. The van der Waals surface area contributed by atoms with E-state index in [2.05, 4.69) is 27.9 Å². The summed E-state index contributed by atoms with van der Waals surface area (Å²) in [6, 6.07) is 7.60. The van der Waals surface area contributed by atoms with Crippen LogP contribution in [0.3, 0.4) is 0 Å². The highest BCUT2D eigenvalue weighted by Gasteiger charge is 2.02. The maximum Gasteiger partial charge on any atom is 0.242 e. The van der Waals surface area contributed by atoms with Gasteiger partial charge in [0.05, 0.1) is 7.11 Å². The zero-order chi connectivity index (χ0) is 16.2. The minimum absolute atomic E-state index is 0.106. The van der Waals surface area contributed by atoms with Gasteiger partial charge in [0.1, 0.15) is 12.3 Å². The number of ether oxygens (including phenoxy) is 1. The highest BCUT2D eigenvalue weighted by molar-refractivity contribution is 5.84. The molecule has 0 atom stereocenters. The molecule has 0 saturated heterocycles. The molecular formula is C16H26N4O2. The lowest BCUT2D eigenvalue weighted by Gasteiger charge is -2.10. The predicted octanol–water partition coefficient (Wildman–Crippen LogP) is 1.28. The molecule has 6 nitrogen and oxygen atoms in total. The van der Waals surface area contributed by atoms with Crippen LogP contribution in [0.15, 0.2) is 29.3 Å². The molecule has 1 aromatic rings. The van der Waals surface area contributed by atoms with Crippen molar-refractivity contribution in [2.24, 2.45) is 4.99 Å². The molecule has 0 heterocycles. The van der Waals surface area contributed by atoms with Crippen molar-refractivity contribution in [3.8, 4) is 5.75 Å². The molecule has 0 aliphatic rings. The topological polar surface area (TPSA) is 74.8 Å². The van der Waals surface area contributed by atoms with Gasteiger partial charge in [-0.1, -0.05) is 19.1 Å². The Balaban J connectivity index is 2.40. The summed E-state index contributed by atoms with van der Waals surface area (Å²) in [5.41, 5.74) is 1.02. The maximum atomic E-state index is 11.8. The van der Waals surface area contributed by atoms with Crippen LogP contribution in [0.4, 0.5) is 0 Å². The van der Waals surface area contributed by atoms with Crippen LogP contribution in [0.2, 0.25) is 0 Å². The Bertz CT molecular complexity index is 472. The standard InChI is InChI=1S/C16H26N4O2/c1-4-10-18-16(17-5-2)20-12-15(21)19-11-13-6-8-14(22-3)9-7-13/h6-9H,4-5,10-12H2,1-3H3,(H,19,21)(H2,17,18,20). The van der Waals surface area contributed by atoms with E-state index >= 15 is 0 Å². The van der Waals surface area contributed by atoms with Crippen molar-refractivity contribution in [1.82, 2.24) is 16.0 Å². The second kappa shape index (κ2) is 10.5. The molecule has 0 aliphatic heterocycles. The van der Waals surface area contributed by atoms with Gasteiger partial charge in [-0.25, -0.2) is 4.99 Å². The first kappa shape index (κ1) is 17.8. The Labute approximate surface area is 132 Å². The van der Waals surface area contributed by atoms with Crippen LogP contribution in [0, 0.1) is 0 Å².